The summed E-state index contributed by atoms with van der Waals surface area (Å²) in [6.45, 7) is 3.36. The van der Waals surface area contributed by atoms with Crippen LogP contribution in [-0.2, 0) is 13.2 Å². The molecule has 0 N–H and O–H groups in total. The molecule has 0 aliphatic rings. The number of hydrogen-bond donors (Lipinski definition) is 0. The van der Waals surface area contributed by atoms with Gasteiger partial charge in [0.15, 0.2) is 0 Å². The third-order valence-corrected chi connectivity index (χ3v) is 5.43. The van der Waals surface area contributed by atoms with Gasteiger partial charge in [-0.05, 0) is 41.6 Å². The molecule has 4 aromatic carbocycles. The van der Waals surface area contributed by atoms with Crippen molar-refractivity contribution < 1.29 is 4.74 Å². The average Bonchev–Trinajstić information content (AvgIpc) is 3.11. The van der Waals surface area contributed by atoms with Crippen molar-refractivity contribution in [2.24, 2.45) is 0 Å². The van der Waals surface area contributed by atoms with Crippen molar-refractivity contribution in [2.45, 2.75) is 20.1 Å². The predicted octanol–water partition coefficient (Wildman–Crippen LogP) is 6.13. The third-order valence-electron chi connectivity index (χ3n) is 5.43. The van der Waals surface area contributed by atoms with Crippen LogP contribution in [0, 0.1) is 6.92 Å². The van der Waals surface area contributed by atoms with E-state index in [-0.39, 0.29) is 0 Å². The SMILES string of the molecule is Cc1ccccc1Cn1c(COc2cccc3ccccc23)nc2ccccc21. The van der Waals surface area contributed by atoms with Gasteiger partial charge in [0.2, 0.25) is 0 Å². The first-order valence-electron chi connectivity index (χ1n) is 9.89. The fourth-order valence-corrected chi connectivity index (χ4v) is 3.83. The van der Waals surface area contributed by atoms with E-state index in [0.29, 0.717) is 6.61 Å². The number of benzene rings is 4. The number of nitrogens with zero attached hydrogens (tertiary/aromatic N) is 2. The van der Waals surface area contributed by atoms with Gasteiger partial charge in [-0.2, -0.15) is 0 Å². The molecule has 0 spiro atoms. The van der Waals surface area contributed by atoms with E-state index in [9.17, 15) is 0 Å². The maximum atomic E-state index is 6.26. The fraction of sp³-hybridized carbons (Fsp3) is 0.115. The summed E-state index contributed by atoms with van der Waals surface area (Å²) in [5.41, 5.74) is 4.71. The highest BCUT2D eigenvalue weighted by atomic mass is 16.5. The van der Waals surface area contributed by atoms with Gasteiger partial charge in [-0.25, -0.2) is 4.98 Å². The molecule has 29 heavy (non-hydrogen) atoms. The highest BCUT2D eigenvalue weighted by Gasteiger charge is 2.13. The maximum absolute atomic E-state index is 6.26. The highest BCUT2D eigenvalue weighted by molar-refractivity contribution is 5.88. The van der Waals surface area contributed by atoms with Crippen molar-refractivity contribution in [3.8, 4) is 5.75 Å². The minimum Gasteiger partial charge on any atom is -0.485 e. The summed E-state index contributed by atoms with van der Waals surface area (Å²) in [4.78, 5) is 4.87. The lowest BCUT2D eigenvalue weighted by molar-refractivity contribution is 0.295. The normalized spacial score (nSPS) is 11.2. The van der Waals surface area contributed by atoms with Gasteiger partial charge in [0.05, 0.1) is 11.0 Å². The maximum Gasteiger partial charge on any atom is 0.148 e. The van der Waals surface area contributed by atoms with Crippen LogP contribution in [0.1, 0.15) is 17.0 Å². The van der Waals surface area contributed by atoms with E-state index >= 15 is 0 Å². The average molecular weight is 378 g/mol. The molecule has 0 aliphatic carbocycles. The molecule has 0 fully saturated rings. The molecule has 0 aliphatic heterocycles. The third kappa shape index (κ3) is 3.36. The van der Waals surface area contributed by atoms with Gasteiger partial charge < -0.3 is 9.30 Å². The Kier molecular flexibility index (Phi) is 4.49. The van der Waals surface area contributed by atoms with Gasteiger partial charge in [-0.1, -0.05) is 72.8 Å². The largest absolute Gasteiger partial charge is 0.485 e. The first kappa shape index (κ1) is 17.5. The second-order valence-electron chi connectivity index (χ2n) is 7.30. The number of fused-ring (bicyclic) bond motifs is 2. The van der Waals surface area contributed by atoms with E-state index in [2.05, 4.69) is 72.2 Å². The first-order valence-corrected chi connectivity index (χ1v) is 9.89. The van der Waals surface area contributed by atoms with Crippen LogP contribution in [0.2, 0.25) is 0 Å². The zero-order chi connectivity index (χ0) is 19.6. The molecular formula is C26H22N2O. The van der Waals surface area contributed by atoms with Crippen LogP contribution in [0.5, 0.6) is 5.75 Å². The molecule has 0 radical (unpaired) electrons. The molecule has 5 rings (SSSR count). The zero-order valence-corrected chi connectivity index (χ0v) is 16.4. The molecule has 0 bridgehead atoms. The lowest BCUT2D eigenvalue weighted by Gasteiger charge is -2.13. The van der Waals surface area contributed by atoms with Gasteiger partial charge in [0.1, 0.15) is 18.2 Å². The lowest BCUT2D eigenvalue weighted by atomic mass is 10.1. The number of aromatic nitrogens is 2. The Balaban J connectivity index is 1.52. The zero-order valence-electron chi connectivity index (χ0n) is 16.4. The second kappa shape index (κ2) is 7.44. The molecule has 0 unspecified atom stereocenters. The Bertz CT molecular complexity index is 1300. The number of hydrogen-bond acceptors (Lipinski definition) is 2. The minimum atomic E-state index is 0.425. The van der Waals surface area contributed by atoms with Gasteiger partial charge in [-0.3, -0.25) is 0 Å². The monoisotopic (exact) mass is 378 g/mol. The molecule has 1 aromatic heterocycles. The van der Waals surface area contributed by atoms with E-state index in [1.54, 1.807) is 0 Å². The summed E-state index contributed by atoms with van der Waals surface area (Å²) in [7, 11) is 0. The smallest absolute Gasteiger partial charge is 0.148 e. The second-order valence-corrected chi connectivity index (χ2v) is 7.30. The van der Waals surface area contributed by atoms with E-state index < -0.39 is 0 Å². The Morgan fingerprint density at radius 1 is 0.793 bits per heavy atom. The Labute approximate surface area is 170 Å². The number of ether oxygens (including phenoxy) is 1. The van der Waals surface area contributed by atoms with Crippen molar-refractivity contribution in [3.05, 3.63) is 108 Å². The van der Waals surface area contributed by atoms with Crippen molar-refractivity contribution >= 4 is 21.8 Å². The van der Waals surface area contributed by atoms with Crippen molar-refractivity contribution in [1.29, 1.82) is 0 Å². The minimum absolute atomic E-state index is 0.425. The summed E-state index contributed by atoms with van der Waals surface area (Å²) in [5.74, 6) is 1.82. The summed E-state index contributed by atoms with van der Waals surface area (Å²) >= 11 is 0. The fourth-order valence-electron chi connectivity index (χ4n) is 3.83. The van der Waals surface area contributed by atoms with Crippen LogP contribution in [0.3, 0.4) is 0 Å². The van der Waals surface area contributed by atoms with Crippen molar-refractivity contribution in [1.82, 2.24) is 9.55 Å². The molecular weight excluding hydrogens is 356 g/mol. The highest BCUT2D eigenvalue weighted by Crippen LogP contribution is 2.27. The van der Waals surface area contributed by atoms with Gasteiger partial charge >= 0.3 is 0 Å². The number of para-hydroxylation sites is 2. The standard InChI is InChI=1S/C26H22N2O/c1-19-9-2-3-11-21(19)17-28-24-15-7-6-14-23(24)27-26(28)18-29-25-16-8-12-20-10-4-5-13-22(20)25/h2-16H,17-18H2,1H3. The lowest BCUT2D eigenvalue weighted by Crippen LogP contribution is -2.09. The molecule has 0 amide bonds. The quantitative estimate of drug-likeness (QED) is 0.368. The molecule has 1 heterocycles. The van der Waals surface area contributed by atoms with Crippen molar-refractivity contribution in [2.75, 3.05) is 0 Å². The Morgan fingerprint density at radius 2 is 1.55 bits per heavy atom. The van der Waals surface area contributed by atoms with Crippen LogP contribution in [-0.4, -0.2) is 9.55 Å². The van der Waals surface area contributed by atoms with Crippen molar-refractivity contribution in [3.63, 3.8) is 0 Å². The summed E-state index contributed by atoms with van der Waals surface area (Å²) in [5, 5.41) is 2.30. The number of rotatable bonds is 5. The van der Waals surface area contributed by atoms with Crippen LogP contribution in [0.15, 0.2) is 91.0 Å². The number of aryl methyl sites for hydroxylation is 1. The van der Waals surface area contributed by atoms with Crippen LogP contribution < -0.4 is 4.74 Å². The topological polar surface area (TPSA) is 27.1 Å². The Morgan fingerprint density at radius 3 is 2.48 bits per heavy atom. The van der Waals surface area contributed by atoms with Gasteiger partial charge in [0, 0.05) is 11.9 Å². The molecule has 0 saturated heterocycles. The summed E-state index contributed by atoms with van der Waals surface area (Å²) in [6, 6.07) is 31.3. The van der Waals surface area contributed by atoms with Gasteiger partial charge in [-0.15, -0.1) is 0 Å². The molecule has 3 heteroatoms. The molecule has 0 saturated carbocycles. The van der Waals surface area contributed by atoms with E-state index in [1.165, 1.54) is 16.5 Å². The molecule has 3 nitrogen and oxygen atoms in total. The molecule has 5 aromatic rings. The van der Waals surface area contributed by atoms with E-state index in [0.717, 1.165) is 34.5 Å². The predicted molar refractivity (Wildman–Crippen MR) is 118 cm³/mol. The Hall–Kier alpha value is -3.59. The van der Waals surface area contributed by atoms with Gasteiger partial charge in [0.25, 0.3) is 0 Å². The molecule has 142 valence electrons. The summed E-state index contributed by atoms with van der Waals surface area (Å²) in [6.07, 6.45) is 0. The molecule has 0 atom stereocenters. The van der Waals surface area contributed by atoms with E-state index in [1.807, 2.05) is 30.3 Å². The van der Waals surface area contributed by atoms with Crippen LogP contribution >= 0.6 is 0 Å². The van der Waals surface area contributed by atoms with Crippen LogP contribution in [0.4, 0.5) is 0 Å². The summed E-state index contributed by atoms with van der Waals surface area (Å²) < 4.78 is 8.53. The van der Waals surface area contributed by atoms with E-state index in [4.69, 9.17) is 9.72 Å². The van der Waals surface area contributed by atoms with Crippen LogP contribution in [0.25, 0.3) is 21.8 Å². The number of imidazole rings is 1. The first-order chi connectivity index (χ1) is 14.3.